The number of nitrogens with zero attached hydrogens (tertiary/aromatic N) is 4. The molecule has 7 heteroatoms. The second-order valence-corrected chi connectivity index (χ2v) is 9.03. The van der Waals surface area contributed by atoms with Crippen molar-refractivity contribution in [2.45, 2.75) is 27.7 Å². The monoisotopic (exact) mass is 464 g/mol. The van der Waals surface area contributed by atoms with Crippen LogP contribution in [0, 0.1) is 27.7 Å². The first-order chi connectivity index (χ1) is 15.8. The van der Waals surface area contributed by atoms with E-state index in [0.29, 0.717) is 37.0 Å². The van der Waals surface area contributed by atoms with Gasteiger partial charge < -0.3 is 14.5 Å². The fourth-order valence-corrected chi connectivity index (χ4v) is 4.18. The molecule has 2 aromatic carbocycles. The molecule has 1 aromatic heterocycles. The van der Waals surface area contributed by atoms with Gasteiger partial charge in [0.15, 0.2) is 12.4 Å². The van der Waals surface area contributed by atoms with Crippen molar-refractivity contribution < 1.29 is 9.53 Å². The number of benzene rings is 2. The van der Waals surface area contributed by atoms with Crippen LogP contribution in [0.1, 0.15) is 22.3 Å². The van der Waals surface area contributed by atoms with E-state index in [-0.39, 0.29) is 12.5 Å². The van der Waals surface area contributed by atoms with Crippen molar-refractivity contribution in [3.05, 3.63) is 69.7 Å². The quantitative estimate of drug-likeness (QED) is 0.545. The summed E-state index contributed by atoms with van der Waals surface area (Å²) in [7, 11) is 0. The van der Waals surface area contributed by atoms with Gasteiger partial charge in [-0.05, 0) is 80.3 Å². The number of aryl methyl sites for hydroxylation is 4. The molecule has 33 heavy (non-hydrogen) atoms. The Balaban J connectivity index is 1.33. The molecule has 2 heterocycles. The molecule has 6 nitrogen and oxygen atoms in total. The minimum atomic E-state index is -0.0427. The van der Waals surface area contributed by atoms with Crippen molar-refractivity contribution in [2.24, 2.45) is 0 Å². The fraction of sp³-hybridized carbons (Fsp3) is 0.346. The van der Waals surface area contributed by atoms with E-state index in [4.69, 9.17) is 16.3 Å². The summed E-state index contributed by atoms with van der Waals surface area (Å²) in [4.78, 5) is 16.6. The lowest BCUT2D eigenvalue weighted by atomic mass is 9.99. The second kappa shape index (κ2) is 9.79. The fourth-order valence-electron chi connectivity index (χ4n) is 4.01. The second-order valence-electron chi connectivity index (χ2n) is 8.62. The van der Waals surface area contributed by atoms with Crippen molar-refractivity contribution in [1.29, 1.82) is 0 Å². The highest BCUT2D eigenvalue weighted by molar-refractivity contribution is 6.32. The highest BCUT2D eigenvalue weighted by Gasteiger charge is 2.23. The summed E-state index contributed by atoms with van der Waals surface area (Å²) >= 11 is 6.16. The summed E-state index contributed by atoms with van der Waals surface area (Å²) < 4.78 is 5.67. The number of aromatic nitrogens is 2. The van der Waals surface area contributed by atoms with E-state index in [0.717, 1.165) is 22.6 Å². The summed E-state index contributed by atoms with van der Waals surface area (Å²) in [5, 5.41) is 9.46. The molecule has 3 aromatic rings. The first-order valence-corrected chi connectivity index (χ1v) is 11.5. The number of carbonyl (C=O) groups is 1. The van der Waals surface area contributed by atoms with Crippen LogP contribution in [0.4, 0.5) is 5.82 Å². The van der Waals surface area contributed by atoms with Gasteiger partial charge in [-0.25, -0.2) is 0 Å². The number of hydrogen-bond donors (Lipinski definition) is 0. The molecule has 0 atom stereocenters. The van der Waals surface area contributed by atoms with Crippen LogP contribution in [0.2, 0.25) is 5.02 Å². The Morgan fingerprint density at radius 1 is 0.909 bits per heavy atom. The lowest BCUT2D eigenvalue weighted by Crippen LogP contribution is -2.50. The molecular formula is C26H29ClN4O2. The number of piperazine rings is 1. The Kier molecular flexibility index (Phi) is 6.84. The predicted molar refractivity (Wildman–Crippen MR) is 132 cm³/mol. The van der Waals surface area contributed by atoms with E-state index in [1.165, 1.54) is 16.7 Å². The minimum absolute atomic E-state index is 0.0208. The first-order valence-electron chi connectivity index (χ1n) is 11.2. The Bertz CT molecular complexity index is 1160. The molecule has 1 amide bonds. The summed E-state index contributed by atoms with van der Waals surface area (Å²) in [5.74, 6) is 1.33. The number of halogens is 1. The maximum absolute atomic E-state index is 12.6. The van der Waals surface area contributed by atoms with Crippen LogP contribution in [-0.4, -0.2) is 53.8 Å². The van der Waals surface area contributed by atoms with Crippen LogP contribution in [0.5, 0.6) is 5.75 Å². The SMILES string of the molecule is Cc1ccc(Cl)c(OCC(=O)N2CCN(c3ccc(-c4cc(C)c(C)cc4C)nn3)CC2)c1. The Hall–Kier alpha value is -3.12. The third-order valence-electron chi connectivity index (χ3n) is 6.16. The van der Waals surface area contributed by atoms with E-state index in [2.05, 4.69) is 48.0 Å². The van der Waals surface area contributed by atoms with Crippen molar-refractivity contribution in [3.63, 3.8) is 0 Å². The Labute approximate surface area is 200 Å². The molecule has 172 valence electrons. The van der Waals surface area contributed by atoms with Crippen LogP contribution >= 0.6 is 11.6 Å². The largest absolute Gasteiger partial charge is 0.482 e. The molecule has 4 rings (SSSR count). The zero-order valence-electron chi connectivity index (χ0n) is 19.6. The van der Waals surface area contributed by atoms with Crippen LogP contribution < -0.4 is 9.64 Å². The van der Waals surface area contributed by atoms with Gasteiger partial charge in [-0.1, -0.05) is 23.7 Å². The first kappa shape index (κ1) is 23.1. The topological polar surface area (TPSA) is 58.6 Å². The summed E-state index contributed by atoms with van der Waals surface area (Å²) in [6.07, 6.45) is 0. The molecule has 0 aliphatic carbocycles. The van der Waals surface area contributed by atoms with Crippen molar-refractivity contribution in [2.75, 3.05) is 37.7 Å². The molecule has 0 spiro atoms. The molecule has 0 unspecified atom stereocenters. The zero-order chi connectivity index (χ0) is 23.5. The maximum Gasteiger partial charge on any atom is 0.260 e. The third kappa shape index (κ3) is 5.28. The van der Waals surface area contributed by atoms with Gasteiger partial charge in [0.1, 0.15) is 5.75 Å². The van der Waals surface area contributed by atoms with Crippen LogP contribution in [0.15, 0.2) is 42.5 Å². The number of ether oxygens (including phenoxy) is 1. The summed E-state index contributed by atoms with van der Waals surface area (Å²) in [5.41, 5.74) is 6.75. The smallest absolute Gasteiger partial charge is 0.260 e. The molecule has 0 N–H and O–H groups in total. The molecule has 0 saturated carbocycles. The third-order valence-corrected chi connectivity index (χ3v) is 6.47. The van der Waals surface area contributed by atoms with E-state index in [9.17, 15) is 4.79 Å². The van der Waals surface area contributed by atoms with Gasteiger partial charge in [-0.2, -0.15) is 0 Å². The standard InChI is InChI=1S/C26H29ClN4O2/c1-17-5-6-22(27)24(13-17)33-16-26(32)31-11-9-30(10-12-31)25-8-7-23(28-29-25)21-15-19(3)18(2)14-20(21)4/h5-8,13-15H,9-12,16H2,1-4H3. The summed E-state index contributed by atoms with van der Waals surface area (Å²) in [6.45, 7) is 10.9. The average Bonchev–Trinajstić information content (AvgIpc) is 2.82. The van der Waals surface area contributed by atoms with Crippen molar-refractivity contribution in [1.82, 2.24) is 15.1 Å². The minimum Gasteiger partial charge on any atom is -0.482 e. The van der Waals surface area contributed by atoms with Crippen molar-refractivity contribution in [3.8, 4) is 17.0 Å². The van der Waals surface area contributed by atoms with E-state index in [1.807, 2.05) is 36.1 Å². The van der Waals surface area contributed by atoms with Gasteiger partial charge in [-0.3, -0.25) is 4.79 Å². The molecule has 1 fully saturated rings. The highest BCUT2D eigenvalue weighted by Crippen LogP contribution is 2.27. The van der Waals surface area contributed by atoms with Gasteiger partial charge in [0.25, 0.3) is 5.91 Å². The van der Waals surface area contributed by atoms with Crippen LogP contribution in [0.3, 0.4) is 0 Å². The number of anilines is 1. The molecule has 0 bridgehead atoms. The number of amides is 1. The van der Waals surface area contributed by atoms with Gasteiger partial charge in [0, 0.05) is 31.7 Å². The lowest BCUT2D eigenvalue weighted by Gasteiger charge is -2.35. The van der Waals surface area contributed by atoms with Gasteiger partial charge in [-0.15, -0.1) is 10.2 Å². The number of rotatable bonds is 5. The van der Waals surface area contributed by atoms with E-state index >= 15 is 0 Å². The molecule has 0 radical (unpaired) electrons. The maximum atomic E-state index is 12.6. The molecular weight excluding hydrogens is 436 g/mol. The molecule has 1 aliphatic rings. The van der Waals surface area contributed by atoms with Crippen LogP contribution in [-0.2, 0) is 4.79 Å². The average molecular weight is 465 g/mol. The van der Waals surface area contributed by atoms with Gasteiger partial charge >= 0.3 is 0 Å². The zero-order valence-corrected chi connectivity index (χ0v) is 20.3. The molecule has 1 saturated heterocycles. The lowest BCUT2D eigenvalue weighted by molar-refractivity contribution is -0.133. The van der Waals surface area contributed by atoms with Crippen molar-refractivity contribution >= 4 is 23.3 Å². The predicted octanol–water partition coefficient (Wildman–Crippen LogP) is 4.76. The normalized spacial score (nSPS) is 13.8. The van der Waals surface area contributed by atoms with E-state index < -0.39 is 0 Å². The van der Waals surface area contributed by atoms with Gasteiger partial charge in [0.05, 0.1) is 10.7 Å². The Morgan fingerprint density at radius 2 is 1.64 bits per heavy atom. The molecule has 1 aliphatic heterocycles. The highest BCUT2D eigenvalue weighted by atomic mass is 35.5. The number of carbonyl (C=O) groups excluding carboxylic acids is 1. The summed E-state index contributed by atoms with van der Waals surface area (Å²) in [6, 6.07) is 13.9. The van der Waals surface area contributed by atoms with Gasteiger partial charge in [0.2, 0.25) is 0 Å². The number of hydrogen-bond acceptors (Lipinski definition) is 5. The van der Waals surface area contributed by atoms with E-state index in [1.54, 1.807) is 6.07 Å². The van der Waals surface area contributed by atoms with Crippen LogP contribution in [0.25, 0.3) is 11.3 Å². The Morgan fingerprint density at radius 3 is 2.33 bits per heavy atom.